The van der Waals surface area contributed by atoms with Gasteiger partial charge >= 0.3 is 0 Å². The average Bonchev–Trinajstić information content (AvgIpc) is 2.24. The molecule has 2 nitrogen and oxygen atoms in total. The third kappa shape index (κ3) is 2.19. The molecule has 0 heterocycles. The van der Waals surface area contributed by atoms with E-state index in [1.54, 1.807) is 0 Å². The van der Waals surface area contributed by atoms with E-state index in [1.165, 1.54) is 19.3 Å². The van der Waals surface area contributed by atoms with Crippen molar-refractivity contribution in [3.05, 3.63) is 29.3 Å². The molecule has 0 bridgehead atoms. The molecule has 0 radical (unpaired) electrons. The van der Waals surface area contributed by atoms with Gasteiger partial charge in [-0.3, -0.25) is 0 Å². The van der Waals surface area contributed by atoms with Crippen LogP contribution in [0.4, 0.5) is 5.69 Å². The monoisotopic (exact) mass is 214 g/mol. The normalized spacial score (nSPS) is 17.3. The van der Waals surface area contributed by atoms with Crippen LogP contribution in [-0.2, 0) is 0 Å². The van der Waals surface area contributed by atoms with Crippen LogP contribution in [0.5, 0.6) is 0 Å². The van der Waals surface area contributed by atoms with Gasteiger partial charge in [-0.05, 0) is 42.9 Å². The number of benzene rings is 1. The molecule has 84 valence electrons. The minimum atomic E-state index is 0.442. The Kier molecular flexibility index (Phi) is 2.87. The van der Waals surface area contributed by atoms with E-state index in [1.807, 2.05) is 25.1 Å². The van der Waals surface area contributed by atoms with Crippen molar-refractivity contribution >= 4 is 5.69 Å². The van der Waals surface area contributed by atoms with Gasteiger partial charge in [0, 0.05) is 6.54 Å². The second kappa shape index (κ2) is 4.17. The Morgan fingerprint density at radius 1 is 1.44 bits per heavy atom. The predicted molar refractivity (Wildman–Crippen MR) is 66.3 cm³/mol. The summed E-state index contributed by atoms with van der Waals surface area (Å²) < 4.78 is 0. The van der Waals surface area contributed by atoms with E-state index in [0.717, 1.165) is 23.4 Å². The summed E-state index contributed by atoms with van der Waals surface area (Å²) in [6, 6.07) is 8.24. The highest BCUT2D eigenvalue weighted by Gasteiger charge is 2.31. The molecule has 1 aliphatic carbocycles. The molecule has 2 heteroatoms. The minimum Gasteiger partial charge on any atom is -0.383 e. The Labute approximate surface area is 97.3 Å². The van der Waals surface area contributed by atoms with Crippen molar-refractivity contribution < 1.29 is 0 Å². The summed E-state index contributed by atoms with van der Waals surface area (Å²) in [4.78, 5) is 0. The molecule has 1 saturated carbocycles. The van der Waals surface area contributed by atoms with E-state index < -0.39 is 0 Å². The van der Waals surface area contributed by atoms with E-state index in [-0.39, 0.29) is 0 Å². The standard InChI is InChI=1S/C14H18N2/c1-11-4-5-13(12(8-11)9-15)16-10-14(2)6-3-7-14/h4-5,8,16H,3,6-7,10H2,1-2H3. The number of rotatable bonds is 3. The fraction of sp³-hybridized carbons (Fsp3) is 0.500. The number of nitriles is 1. The summed E-state index contributed by atoms with van der Waals surface area (Å²) in [6.07, 6.45) is 3.94. The Bertz CT molecular complexity index is 425. The Balaban J connectivity index is 2.07. The average molecular weight is 214 g/mol. The van der Waals surface area contributed by atoms with Gasteiger partial charge in [0.05, 0.1) is 11.3 Å². The van der Waals surface area contributed by atoms with Crippen molar-refractivity contribution in [2.24, 2.45) is 5.41 Å². The summed E-state index contributed by atoms with van der Waals surface area (Å²) in [6.45, 7) is 5.30. The SMILES string of the molecule is Cc1ccc(NCC2(C)CCC2)c(C#N)c1. The molecule has 0 amide bonds. The zero-order valence-electron chi connectivity index (χ0n) is 10.0. The summed E-state index contributed by atoms with van der Waals surface area (Å²) in [5, 5.41) is 12.5. The van der Waals surface area contributed by atoms with Crippen molar-refractivity contribution in [1.82, 2.24) is 0 Å². The molecular formula is C14H18N2. The van der Waals surface area contributed by atoms with Gasteiger partial charge in [0.15, 0.2) is 0 Å². The second-order valence-corrected chi connectivity index (χ2v) is 5.18. The highest BCUT2D eigenvalue weighted by Crippen LogP contribution is 2.40. The van der Waals surface area contributed by atoms with Crippen LogP contribution >= 0.6 is 0 Å². The summed E-state index contributed by atoms with van der Waals surface area (Å²) in [5.74, 6) is 0. The molecule has 0 spiro atoms. The van der Waals surface area contributed by atoms with Crippen LogP contribution in [-0.4, -0.2) is 6.54 Å². The molecule has 1 aromatic rings. The van der Waals surface area contributed by atoms with Gasteiger partial charge in [-0.1, -0.05) is 19.4 Å². The first-order valence-electron chi connectivity index (χ1n) is 5.88. The molecule has 0 aliphatic heterocycles. The molecule has 2 rings (SSSR count). The highest BCUT2D eigenvalue weighted by molar-refractivity contribution is 5.58. The quantitative estimate of drug-likeness (QED) is 0.836. The van der Waals surface area contributed by atoms with Crippen molar-refractivity contribution in [3.8, 4) is 6.07 Å². The molecule has 0 aromatic heterocycles. The van der Waals surface area contributed by atoms with E-state index >= 15 is 0 Å². The topological polar surface area (TPSA) is 35.8 Å². The lowest BCUT2D eigenvalue weighted by Gasteiger charge is -2.38. The van der Waals surface area contributed by atoms with Crippen LogP contribution in [0.15, 0.2) is 18.2 Å². The van der Waals surface area contributed by atoms with Crippen LogP contribution in [0.2, 0.25) is 0 Å². The largest absolute Gasteiger partial charge is 0.383 e. The summed E-state index contributed by atoms with van der Waals surface area (Å²) in [5.41, 5.74) is 3.30. The van der Waals surface area contributed by atoms with Gasteiger partial charge in [-0.15, -0.1) is 0 Å². The maximum Gasteiger partial charge on any atom is 0.101 e. The number of nitrogens with zero attached hydrogens (tertiary/aromatic N) is 1. The number of hydrogen-bond acceptors (Lipinski definition) is 2. The highest BCUT2D eigenvalue weighted by atomic mass is 14.9. The zero-order chi connectivity index (χ0) is 11.6. The minimum absolute atomic E-state index is 0.442. The summed E-state index contributed by atoms with van der Waals surface area (Å²) in [7, 11) is 0. The molecule has 1 aromatic carbocycles. The second-order valence-electron chi connectivity index (χ2n) is 5.18. The van der Waals surface area contributed by atoms with Crippen LogP contribution in [0.1, 0.15) is 37.3 Å². The first-order valence-corrected chi connectivity index (χ1v) is 5.88. The fourth-order valence-electron chi connectivity index (χ4n) is 2.17. The van der Waals surface area contributed by atoms with Gasteiger partial charge in [0.25, 0.3) is 0 Å². The number of aryl methyl sites for hydroxylation is 1. The molecule has 0 atom stereocenters. The first kappa shape index (κ1) is 11.0. The van der Waals surface area contributed by atoms with E-state index in [9.17, 15) is 0 Å². The predicted octanol–water partition coefficient (Wildman–Crippen LogP) is 3.47. The molecule has 16 heavy (non-hydrogen) atoms. The maximum absolute atomic E-state index is 9.05. The Morgan fingerprint density at radius 2 is 2.19 bits per heavy atom. The van der Waals surface area contributed by atoms with Crippen LogP contribution in [0.25, 0.3) is 0 Å². The van der Waals surface area contributed by atoms with Crippen molar-refractivity contribution in [3.63, 3.8) is 0 Å². The van der Waals surface area contributed by atoms with Gasteiger partial charge < -0.3 is 5.32 Å². The first-order chi connectivity index (χ1) is 7.63. The molecular weight excluding hydrogens is 196 g/mol. The molecule has 1 fully saturated rings. The van der Waals surface area contributed by atoms with Crippen LogP contribution < -0.4 is 5.32 Å². The lowest BCUT2D eigenvalue weighted by atomic mass is 9.70. The lowest BCUT2D eigenvalue weighted by Crippen LogP contribution is -2.33. The van der Waals surface area contributed by atoms with Gasteiger partial charge in [-0.2, -0.15) is 5.26 Å². The van der Waals surface area contributed by atoms with Crippen LogP contribution in [0.3, 0.4) is 0 Å². The number of anilines is 1. The summed E-state index contributed by atoms with van der Waals surface area (Å²) >= 11 is 0. The number of nitrogens with one attached hydrogen (secondary N) is 1. The molecule has 0 saturated heterocycles. The smallest absolute Gasteiger partial charge is 0.101 e. The Hall–Kier alpha value is -1.49. The number of hydrogen-bond donors (Lipinski definition) is 1. The molecule has 1 aliphatic rings. The van der Waals surface area contributed by atoms with Gasteiger partial charge in [-0.25, -0.2) is 0 Å². The molecule has 0 unspecified atom stereocenters. The van der Waals surface area contributed by atoms with Crippen molar-refractivity contribution in [2.45, 2.75) is 33.1 Å². The van der Waals surface area contributed by atoms with Crippen molar-refractivity contribution in [2.75, 3.05) is 11.9 Å². The fourth-order valence-corrected chi connectivity index (χ4v) is 2.17. The van der Waals surface area contributed by atoms with Gasteiger partial charge in [0.2, 0.25) is 0 Å². The van der Waals surface area contributed by atoms with E-state index in [4.69, 9.17) is 5.26 Å². The van der Waals surface area contributed by atoms with Gasteiger partial charge in [0.1, 0.15) is 6.07 Å². The third-order valence-corrected chi connectivity index (χ3v) is 3.56. The maximum atomic E-state index is 9.05. The van der Waals surface area contributed by atoms with E-state index in [0.29, 0.717) is 5.41 Å². The van der Waals surface area contributed by atoms with Crippen LogP contribution in [0, 0.1) is 23.7 Å². The van der Waals surface area contributed by atoms with Crippen molar-refractivity contribution in [1.29, 1.82) is 5.26 Å². The third-order valence-electron chi connectivity index (χ3n) is 3.56. The Morgan fingerprint density at radius 3 is 2.75 bits per heavy atom. The lowest BCUT2D eigenvalue weighted by molar-refractivity contribution is 0.180. The molecule has 1 N–H and O–H groups in total. The zero-order valence-corrected chi connectivity index (χ0v) is 10.0. The van der Waals surface area contributed by atoms with E-state index in [2.05, 4.69) is 18.3 Å².